The van der Waals surface area contributed by atoms with Gasteiger partial charge in [0.1, 0.15) is 4.32 Å². The number of hydrogen-bond acceptors (Lipinski definition) is 6. The van der Waals surface area contributed by atoms with Gasteiger partial charge in [0, 0.05) is 5.70 Å². The Labute approximate surface area is 115 Å². The molecule has 3 rings (SSSR count). The molecule has 100 valence electrons. The van der Waals surface area contributed by atoms with Gasteiger partial charge in [-0.15, -0.1) is 0 Å². The van der Waals surface area contributed by atoms with Gasteiger partial charge >= 0.3 is 0 Å². The Morgan fingerprint density at radius 2 is 2.00 bits per heavy atom. The normalized spacial score (nSPS) is 36.8. The maximum atomic E-state index is 11.6. The average Bonchev–Trinajstić information content (AvgIpc) is 2.75. The van der Waals surface area contributed by atoms with Crippen LogP contribution in [0.2, 0.25) is 0 Å². The quantitative estimate of drug-likeness (QED) is 0.635. The summed E-state index contributed by atoms with van der Waals surface area (Å²) < 4.78 is 46.7. The molecule has 3 aliphatic heterocycles. The van der Waals surface area contributed by atoms with E-state index in [0.29, 0.717) is 16.4 Å². The smallest absolute Gasteiger partial charge is 0.174 e. The van der Waals surface area contributed by atoms with Crippen molar-refractivity contribution in [2.45, 2.75) is 17.7 Å². The molecule has 9 heteroatoms. The van der Waals surface area contributed by atoms with Crippen LogP contribution in [0.5, 0.6) is 0 Å². The van der Waals surface area contributed by atoms with Crippen LogP contribution in [0.4, 0.5) is 0 Å². The largest absolute Gasteiger partial charge is 0.325 e. The maximum absolute atomic E-state index is 11.6. The number of nitrogens with zero attached hydrogens (tertiary/aromatic N) is 1. The molecule has 0 aromatic carbocycles. The minimum Gasteiger partial charge on any atom is -0.325 e. The molecule has 5 nitrogen and oxygen atoms in total. The summed E-state index contributed by atoms with van der Waals surface area (Å²) in [5.41, 5.74) is 0.673. The fraction of sp³-hybridized carbons (Fsp3) is 0.667. The number of rotatable bonds is 1. The van der Waals surface area contributed by atoms with Gasteiger partial charge in [-0.25, -0.2) is 16.8 Å². The van der Waals surface area contributed by atoms with E-state index in [9.17, 15) is 16.8 Å². The van der Waals surface area contributed by atoms with Gasteiger partial charge < -0.3 is 4.90 Å². The van der Waals surface area contributed by atoms with Gasteiger partial charge in [0.15, 0.2) is 19.7 Å². The van der Waals surface area contributed by atoms with E-state index in [1.807, 2.05) is 0 Å². The topological polar surface area (TPSA) is 71.5 Å². The lowest BCUT2D eigenvalue weighted by atomic mass is 10.2. The highest BCUT2D eigenvalue weighted by atomic mass is 32.2. The lowest BCUT2D eigenvalue weighted by molar-refractivity contribution is 0.418. The van der Waals surface area contributed by atoms with Crippen molar-refractivity contribution < 1.29 is 16.8 Å². The Bertz CT molecular complexity index is 648. The molecule has 0 unspecified atom stereocenters. The number of thiocarbonyl (C=S) groups is 1. The molecule has 0 radical (unpaired) electrons. The van der Waals surface area contributed by atoms with Crippen molar-refractivity contribution in [1.29, 1.82) is 0 Å². The molecular formula is C9H11NO4S4. The highest BCUT2D eigenvalue weighted by molar-refractivity contribution is 8.24. The van der Waals surface area contributed by atoms with Crippen molar-refractivity contribution in [2.24, 2.45) is 0 Å². The van der Waals surface area contributed by atoms with Crippen LogP contribution in [0.25, 0.3) is 0 Å². The summed E-state index contributed by atoms with van der Waals surface area (Å²) in [7, 11) is -6.15. The Morgan fingerprint density at radius 1 is 1.28 bits per heavy atom. The van der Waals surface area contributed by atoms with Crippen LogP contribution in [0.1, 0.15) is 6.42 Å². The summed E-state index contributed by atoms with van der Waals surface area (Å²) in [5, 5.41) is 1.11. The Morgan fingerprint density at radius 3 is 2.61 bits per heavy atom. The van der Waals surface area contributed by atoms with Crippen LogP contribution in [0.15, 0.2) is 11.1 Å². The van der Waals surface area contributed by atoms with Crippen LogP contribution in [-0.2, 0) is 19.7 Å². The van der Waals surface area contributed by atoms with E-state index < -0.39 is 19.7 Å². The van der Waals surface area contributed by atoms with Gasteiger partial charge in [0.25, 0.3) is 0 Å². The first-order chi connectivity index (χ1) is 8.27. The van der Waals surface area contributed by atoms with Crippen LogP contribution >= 0.6 is 24.0 Å². The van der Waals surface area contributed by atoms with E-state index in [2.05, 4.69) is 0 Å². The molecule has 0 aromatic heterocycles. The molecule has 0 aromatic rings. The zero-order chi connectivity index (χ0) is 13.1. The van der Waals surface area contributed by atoms with E-state index in [1.165, 1.54) is 17.2 Å². The molecule has 2 saturated heterocycles. The second kappa shape index (κ2) is 3.94. The number of fused-ring (bicyclic) bond motifs is 1. The molecule has 0 amide bonds. The third-order valence-corrected chi connectivity index (χ3v) is 8.24. The zero-order valence-corrected chi connectivity index (χ0v) is 12.5. The molecular weight excluding hydrogens is 314 g/mol. The van der Waals surface area contributed by atoms with Gasteiger partial charge in [-0.3, -0.25) is 0 Å². The molecule has 18 heavy (non-hydrogen) atoms. The van der Waals surface area contributed by atoms with Crippen molar-refractivity contribution in [1.82, 2.24) is 4.90 Å². The van der Waals surface area contributed by atoms with Gasteiger partial charge in [0.2, 0.25) is 0 Å². The molecule has 2 fully saturated rings. The van der Waals surface area contributed by atoms with Gasteiger partial charge in [0.05, 0.1) is 34.0 Å². The minimum absolute atomic E-state index is 0.0673. The number of thioether (sulfide) groups is 1. The van der Waals surface area contributed by atoms with E-state index in [0.717, 1.165) is 0 Å². The third-order valence-electron chi connectivity index (χ3n) is 3.31. The van der Waals surface area contributed by atoms with Crippen molar-refractivity contribution in [2.75, 3.05) is 17.3 Å². The predicted octanol–water partition coefficient (Wildman–Crippen LogP) is 0.146. The minimum atomic E-state index is -3.15. The van der Waals surface area contributed by atoms with Crippen LogP contribution in [0, 0.1) is 0 Å². The Kier molecular flexibility index (Phi) is 2.82. The lowest BCUT2D eigenvalue weighted by Gasteiger charge is -2.24. The summed E-state index contributed by atoms with van der Waals surface area (Å²) in [6.45, 7) is 0. The lowest BCUT2D eigenvalue weighted by Crippen LogP contribution is -2.35. The van der Waals surface area contributed by atoms with E-state index in [1.54, 1.807) is 4.90 Å². The maximum Gasteiger partial charge on any atom is 0.174 e. The van der Waals surface area contributed by atoms with E-state index in [-0.39, 0.29) is 28.6 Å². The van der Waals surface area contributed by atoms with Crippen molar-refractivity contribution in [3.63, 3.8) is 0 Å². The molecule has 0 saturated carbocycles. The molecule has 2 atom stereocenters. The second-order valence-electron chi connectivity index (χ2n) is 4.67. The molecule has 0 bridgehead atoms. The van der Waals surface area contributed by atoms with Crippen LogP contribution in [0.3, 0.4) is 0 Å². The van der Waals surface area contributed by atoms with Crippen molar-refractivity contribution in [3.8, 4) is 0 Å². The standard InChI is InChI=1S/C9H11NO4S4/c11-17(12)2-1-6(3-17)10-7-4-18(13,14)5-8(7)16-9(10)15/h4,6,8H,1-3,5H2/t6-,8+/m1/s1. The van der Waals surface area contributed by atoms with Gasteiger partial charge in [-0.1, -0.05) is 24.0 Å². The fourth-order valence-corrected chi connectivity index (χ4v) is 8.01. The first-order valence-electron chi connectivity index (χ1n) is 5.42. The average molecular weight is 325 g/mol. The highest BCUT2D eigenvalue weighted by Crippen LogP contribution is 2.42. The first kappa shape index (κ1) is 12.9. The van der Waals surface area contributed by atoms with E-state index in [4.69, 9.17) is 12.2 Å². The summed E-state index contributed by atoms with van der Waals surface area (Å²) in [6, 6.07) is -0.195. The number of sulfone groups is 2. The SMILES string of the molecule is O=S1(=O)C=C2[C@H](C1)SC(=S)N2[C@@H]1CCS(=O)(=O)C1. The van der Waals surface area contributed by atoms with E-state index >= 15 is 0 Å². The van der Waals surface area contributed by atoms with Crippen molar-refractivity contribution in [3.05, 3.63) is 11.1 Å². The molecule has 0 spiro atoms. The van der Waals surface area contributed by atoms with Crippen molar-refractivity contribution >= 4 is 48.0 Å². The van der Waals surface area contributed by atoms with Crippen LogP contribution in [-0.4, -0.2) is 54.6 Å². The van der Waals surface area contributed by atoms with Crippen LogP contribution < -0.4 is 0 Å². The highest BCUT2D eigenvalue weighted by Gasteiger charge is 2.46. The zero-order valence-electron chi connectivity index (χ0n) is 9.27. The predicted molar refractivity (Wildman–Crippen MR) is 74.7 cm³/mol. The summed E-state index contributed by atoms with van der Waals surface area (Å²) in [4.78, 5) is 1.75. The van der Waals surface area contributed by atoms with Gasteiger partial charge in [-0.05, 0) is 6.42 Å². The molecule has 3 aliphatic rings. The Balaban J connectivity index is 1.95. The monoisotopic (exact) mass is 325 g/mol. The molecule has 0 N–H and O–H groups in total. The Hall–Kier alpha value is -0.120. The summed E-state index contributed by atoms with van der Waals surface area (Å²) in [6.07, 6.45) is 0.521. The number of hydrogen-bond donors (Lipinski definition) is 0. The second-order valence-corrected chi connectivity index (χ2v) is 10.6. The fourth-order valence-electron chi connectivity index (χ4n) is 2.53. The summed E-state index contributed by atoms with van der Waals surface area (Å²) in [5.74, 6) is 0.299. The third kappa shape index (κ3) is 2.10. The molecule has 0 aliphatic carbocycles. The first-order valence-corrected chi connectivity index (χ1v) is 10.2. The molecule has 3 heterocycles. The summed E-state index contributed by atoms with van der Waals surface area (Å²) >= 11 is 6.59. The van der Waals surface area contributed by atoms with Gasteiger partial charge in [-0.2, -0.15) is 0 Å².